The predicted octanol–water partition coefficient (Wildman–Crippen LogP) is 4.69. The summed E-state index contributed by atoms with van der Waals surface area (Å²) in [4.78, 5) is 37.4. The number of nitrogens with one attached hydrogen (secondary N) is 1. The van der Waals surface area contributed by atoms with Crippen LogP contribution in [0.25, 0.3) is 10.2 Å². The van der Waals surface area contributed by atoms with E-state index in [1.165, 1.54) is 27.1 Å². The summed E-state index contributed by atoms with van der Waals surface area (Å²) in [5.74, 6) is 2.24. The number of nitrogens with zero attached hydrogens (tertiary/aromatic N) is 2. The third kappa shape index (κ3) is 3.94. The first-order chi connectivity index (χ1) is 15.0. The van der Waals surface area contributed by atoms with Gasteiger partial charge < -0.3 is 9.88 Å². The molecule has 0 unspecified atom stereocenters. The van der Waals surface area contributed by atoms with Gasteiger partial charge in [-0.1, -0.05) is 6.07 Å². The van der Waals surface area contributed by atoms with Crippen LogP contribution in [0.2, 0.25) is 0 Å². The third-order valence-electron chi connectivity index (χ3n) is 6.32. The Labute approximate surface area is 190 Å². The molecule has 0 radical (unpaired) electrons. The highest BCUT2D eigenvalue weighted by atomic mass is 32.2. The number of H-pyrrole nitrogens is 1. The van der Waals surface area contributed by atoms with Gasteiger partial charge in [0.15, 0.2) is 0 Å². The van der Waals surface area contributed by atoms with E-state index in [4.69, 9.17) is 4.98 Å². The Bertz CT molecular complexity index is 1230. The maximum atomic E-state index is 12.9. The number of fused-ring (bicyclic) bond motifs is 4. The van der Waals surface area contributed by atoms with E-state index in [1.807, 2.05) is 4.90 Å². The van der Waals surface area contributed by atoms with Crippen molar-refractivity contribution >= 4 is 44.9 Å². The lowest BCUT2D eigenvalue weighted by Gasteiger charge is -2.31. The van der Waals surface area contributed by atoms with Crippen LogP contribution in [0.5, 0.6) is 0 Å². The van der Waals surface area contributed by atoms with E-state index in [-0.39, 0.29) is 11.5 Å². The molecule has 0 saturated carbocycles. The topological polar surface area (TPSA) is 66.1 Å². The Hall–Kier alpha value is -2.12. The Morgan fingerprint density at radius 2 is 2.03 bits per heavy atom. The molecule has 3 aromatic rings. The van der Waals surface area contributed by atoms with E-state index >= 15 is 0 Å². The van der Waals surface area contributed by atoms with Crippen LogP contribution in [0, 0.1) is 13.8 Å². The molecule has 0 spiro atoms. The molecule has 7 heteroatoms. The molecule has 1 amide bonds. The maximum Gasteiger partial charge on any atom is 0.259 e. The fourth-order valence-corrected chi connectivity index (χ4v) is 6.99. The average Bonchev–Trinajstić information content (AvgIpc) is 3.31. The highest BCUT2D eigenvalue weighted by Crippen LogP contribution is 2.35. The highest BCUT2D eigenvalue weighted by Gasteiger charge is 2.24. The summed E-state index contributed by atoms with van der Waals surface area (Å²) in [6.07, 6.45) is 5.77. The van der Waals surface area contributed by atoms with E-state index in [2.05, 4.69) is 31.0 Å². The van der Waals surface area contributed by atoms with Crippen LogP contribution in [-0.4, -0.2) is 28.2 Å². The normalized spacial score (nSPS) is 15.4. The standard InChI is InChI=1S/C24H27N3O2S2/c1-14-11-15(2)16-6-4-9-27(18(16)12-14)21(28)8-10-30-13-20-25-23(29)22-17-5-3-7-19(17)31-24(22)26-20/h11-12H,3-10,13H2,1-2H3,(H,25,26,29). The Balaban J connectivity index is 1.22. The number of aromatic nitrogens is 2. The molecule has 1 aromatic carbocycles. The van der Waals surface area contributed by atoms with Gasteiger partial charge in [0, 0.05) is 29.3 Å². The zero-order chi connectivity index (χ0) is 21.5. The van der Waals surface area contributed by atoms with Gasteiger partial charge in [0.1, 0.15) is 10.7 Å². The molecule has 0 saturated heterocycles. The Kier molecular flexibility index (Phi) is 5.65. The van der Waals surface area contributed by atoms with Gasteiger partial charge in [-0.2, -0.15) is 11.8 Å². The number of amides is 1. The third-order valence-corrected chi connectivity index (χ3v) is 8.47. The average molecular weight is 454 g/mol. The van der Waals surface area contributed by atoms with Crippen molar-refractivity contribution in [3.05, 3.63) is 55.4 Å². The largest absolute Gasteiger partial charge is 0.312 e. The molecule has 2 aliphatic rings. The van der Waals surface area contributed by atoms with Crippen LogP contribution < -0.4 is 10.5 Å². The fourth-order valence-electron chi connectivity index (χ4n) is 4.91. The van der Waals surface area contributed by atoms with Crippen LogP contribution in [0.1, 0.15) is 52.2 Å². The lowest BCUT2D eigenvalue weighted by molar-refractivity contribution is -0.118. The van der Waals surface area contributed by atoms with Crippen molar-refractivity contribution in [2.75, 3.05) is 17.2 Å². The monoisotopic (exact) mass is 453 g/mol. The molecule has 0 atom stereocenters. The van der Waals surface area contributed by atoms with Crippen molar-refractivity contribution in [3.63, 3.8) is 0 Å². The van der Waals surface area contributed by atoms with Gasteiger partial charge >= 0.3 is 0 Å². The number of aryl methyl sites for hydroxylation is 4. The fraction of sp³-hybridized carbons (Fsp3) is 0.458. The van der Waals surface area contributed by atoms with Crippen molar-refractivity contribution in [3.8, 4) is 0 Å². The summed E-state index contributed by atoms with van der Waals surface area (Å²) in [6.45, 7) is 5.03. The van der Waals surface area contributed by atoms with Crippen molar-refractivity contribution < 1.29 is 4.79 Å². The van der Waals surface area contributed by atoms with E-state index in [0.717, 1.165) is 60.3 Å². The van der Waals surface area contributed by atoms with Gasteiger partial charge in [0.25, 0.3) is 5.56 Å². The molecular weight excluding hydrogens is 426 g/mol. The molecule has 1 N–H and O–H groups in total. The zero-order valence-corrected chi connectivity index (χ0v) is 19.7. The molecule has 0 bridgehead atoms. The minimum absolute atomic E-state index is 0.00765. The number of anilines is 1. The summed E-state index contributed by atoms with van der Waals surface area (Å²) in [6, 6.07) is 4.35. The second-order valence-corrected chi connectivity index (χ2v) is 10.8. The van der Waals surface area contributed by atoms with Crippen LogP contribution in [0.15, 0.2) is 16.9 Å². The summed E-state index contributed by atoms with van der Waals surface area (Å²) in [5, 5.41) is 0.802. The minimum atomic E-state index is -0.00765. The molecule has 162 valence electrons. The lowest BCUT2D eigenvalue weighted by Crippen LogP contribution is -2.36. The first kappa shape index (κ1) is 20.8. The molecule has 1 aliphatic heterocycles. The summed E-state index contributed by atoms with van der Waals surface area (Å²) < 4.78 is 0. The minimum Gasteiger partial charge on any atom is -0.312 e. The van der Waals surface area contributed by atoms with E-state index < -0.39 is 0 Å². The van der Waals surface area contributed by atoms with Gasteiger partial charge in [0.05, 0.1) is 11.1 Å². The second kappa shape index (κ2) is 8.43. The summed E-state index contributed by atoms with van der Waals surface area (Å²) >= 11 is 3.33. The van der Waals surface area contributed by atoms with Crippen molar-refractivity contribution in [1.29, 1.82) is 0 Å². The van der Waals surface area contributed by atoms with Crippen molar-refractivity contribution in [2.45, 2.75) is 58.1 Å². The van der Waals surface area contributed by atoms with Gasteiger partial charge in [-0.15, -0.1) is 11.3 Å². The van der Waals surface area contributed by atoms with Gasteiger partial charge in [-0.3, -0.25) is 9.59 Å². The van der Waals surface area contributed by atoms with Crippen LogP contribution in [0.4, 0.5) is 5.69 Å². The quantitative estimate of drug-likeness (QED) is 0.569. The second-order valence-electron chi connectivity index (χ2n) is 8.58. The first-order valence-electron chi connectivity index (χ1n) is 11.0. The van der Waals surface area contributed by atoms with Crippen LogP contribution >= 0.6 is 23.1 Å². The molecule has 31 heavy (non-hydrogen) atoms. The number of benzene rings is 1. The first-order valence-corrected chi connectivity index (χ1v) is 13.0. The van der Waals surface area contributed by atoms with Crippen molar-refractivity contribution in [2.24, 2.45) is 0 Å². The maximum absolute atomic E-state index is 12.9. The van der Waals surface area contributed by atoms with Crippen molar-refractivity contribution in [1.82, 2.24) is 9.97 Å². The van der Waals surface area contributed by atoms with Gasteiger partial charge in [-0.05, 0) is 74.3 Å². The summed E-state index contributed by atoms with van der Waals surface area (Å²) in [7, 11) is 0. The van der Waals surface area contributed by atoms with Crippen LogP contribution in [0.3, 0.4) is 0 Å². The zero-order valence-electron chi connectivity index (χ0n) is 18.0. The van der Waals surface area contributed by atoms with E-state index in [1.54, 1.807) is 23.1 Å². The molecular formula is C24H27N3O2S2. The number of hydrogen-bond donors (Lipinski definition) is 1. The predicted molar refractivity (Wildman–Crippen MR) is 130 cm³/mol. The Morgan fingerprint density at radius 3 is 2.90 bits per heavy atom. The lowest BCUT2D eigenvalue weighted by atomic mass is 9.95. The molecule has 3 heterocycles. The molecule has 5 rings (SSSR count). The van der Waals surface area contributed by atoms with E-state index in [9.17, 15) is 9.59 Å². The number of thioether (sulfide) groups is 1. The Morgan fingerprint density at radius 1 is 1.19 bits per heavy atom. The molecule has 1 aliphatic carbocycles. The van der Waals surface area contributed by atoms with Gasteiger partial charge in [-0.25, -0.2) is 4.98 Å². The number of hydrogen-bond acceptors (Lipinski definition) is 5. The SMILES string of the molecule is Cc1cc(C)c2c(c1)N(C(=O)CCSCc1nc3sc4c(c3c(=O)[nH]1)CCC4)CCC2. The number of carbonyl (C=O) groups is 1. The smallest absolute Gasteiger partial charge is 0.259 e. The van der Waals surface area contributed by atoms with Crippen LogP contribution in [-0.2, 0) is 29.8 Å². The number of thiophene rings is 1. The summed E-state index contributed by atoms with van der Waals surface area (Å²) in [5.41, 5.74) is 6.11. The van der Waals surface area contributed by atoms with Gasteiger partial charge in [0.2, 0.25) is 5.91 Å². The number of rotatable bonds is 5. The number of carbonyl (C=O) groups excluding carboxylic acids is 1. The highest BCUT2D eigenvalue weighted by molar-refractivity contribution is 7.98. The molecule has 5 nitrogen and oxygen atoms in total. The number of aromatic amines is 1. The molecule has 0 fully saturated rings. The molecule has 2 aromatic heterocycles. The van der Waals surface area contributed by atoms with E-state index in [0.29, 0.717) is 18.0 Å².